The Morgan fingerprint density at radius 2 is 1.95 bits per heavy atom. The second-order valence-electron chi connectivity index (χ2n) is 3.96. The van der Waals surface area contributed by atoms with Crippen molar-refractivity contribution in [1.82, 2.24) is 4.98 Å². The quantitative estimate of drug-likeness (QED) is 0.530. The van der Waals surface area contributed by atoms with Gasteiger partial charge in [0, 0.05) is 23.2 Å². The van der Waals surface area contributed by atoms with Gasteiger partial charge in [-0.3, -0.25) is 10.1 Å². The number of hydrogen-bond acceptors (Lipinski definition) is 5. The third-order valence-electron chi connectivity index (χ3n) is 2.48. The van der Waals surface area contributed by atoms with Gasteiger partial charge in [-0.05, 0) is 18.2 Å². The zero-order valence-electron chi connectivity index (χ0n) is 10.3. The Kier molecular flexibility index (Phi) is 4.03. The van der Waals surface area contributed by atoms with Gasteiger partial charge in [0.1, 0.15) is 5.03 Å². The maximum absolute atomic E-state index is 12.4. The van der Waals surface area contributed by atoms with Crippen molar-refractivity contribution >= 4 is 23.1 Å². The number of hydrogen-bond donors (Lipinski definition) is 1. The monoisotopic (exact) mass is 315 g/mol. The first-order valence-corrected chi connectivity index (χ1v) is 6.34. The van der Waals surface area contributed by atoms with E-state index in [0.29, 0.717) is 9.92 Å². The molecule has 0 atom stereocenters. The summed E-state index contributed by atoms with van der Waals surface area (Å²) in [5.74, 6) is 0. The van der Waals surface area contributed by atoms with Crippen molar-refractivity contribution in [3.63, 3.8) is 0 Å². The zero-order chi connectivity index (χ0) is 15.6. The molecular weight excluding hydrogens is 307 g/mol. The molecule has 0 aliphatic rings. The summed E-state index contributed by atoms with van der Waals surface area (Å²) >= 11 is 1.03. The third-order valence-corrected chi connectivity index (χ3v) is 3.52. The molecular formula is C12H8F3N3O2S. The van der Waals surface area contributed by atoms with Crippen molar-refractivity contribution in [2.75, 3.05) is 5.73 Å². The van der Waals surface area contributed by atoms with Crippen LogP contribution in [0.4, 0.5) is 24.5 Å². The smallest absolute Gasteiger partial charge is 0.398 e. The summed E-state index contributed by atoms with van der Waals surface area (Å²) in [6.07, 6.45) is -3.72. The molecule has 21 heavy (non-hydrogen) atoms. The van der Waals surface area contributed by atoms with Gasteiger partial charge in [-0.2, -0.15) is 13.2 Å². The molecule has 0 saturated heterocycles. The molecule has 110 valence electrons. The average molecular weight is 315 g/mol. The van der Waals surface area contributed by atoms with Crippen LogP contribution in [-0.2, 0) is 6.18 Å². The Morgan fingerprint density at radius 3 is 2.43 bits per heavy atom. The summed E-state index contributed by atoms with van der Waals surface area (Å²) in [4.78, 5) is 14.2. The fraction of sp³-hybridized carbons (Fsp3) is 0.0833. The van der Waals surface area contributed by atoms with E-state index in [1.807, 2.05) is 0 Å². The minimum Gasteiger partial charge on any atom is -0.398 e. The molecule has 0 aliphatic carbocycles. The van der Waals surface area contributed by atoms with E-state index >= 15 is 0 Å². The SMILES string of the molecule is Nc1cc([N+](=O)[O-])ccc1Sc1ccc(C(F)(F)F)cn1. The summed E-state index contributed by atoms with van der Waals surface area (Å²) in [6.45, 7) is 0. The van der Waals surface area contributed by atoms with E-state index in [0.717, 1.165) is 24.0 Å². The molecule has 0 amide bonds. The number of nitrogen functional groups attached to an aromatic ring is 1. The van der Waals surface area contributed by atoms with Gasteiger partial charge in [-0.15, -0.1) is 0 Å². The van der Waals surface area contributed by atoms with Gasteiger partial charge in [0.15, 0.2) is 0 Å². The molecule has 5 nitrogen and oxygen atoms in total. The highest BCUT2D eigenvalue weighted by molar-refractivity contribution is 7.99. The Morgan fingerprint density at radius 1 is 1.24 bits per heavy atom. The zero-order valence-corrected chi connectivity index (χ0v) is 11.1. The third kappa shape index (κ3) is 3.63. The minimum atomic E-state index is -4.44. The average Bonchev–Trinajstić information content (AvgIpc) is 2.40. The standard InChI is InChI=1S/C12H8F3N3O2S/c13-12(14,15)7-1-4-11(17-6-7)21-10-3-2-8(18(19)20)5-9(10)16/h1-6H,16H2. The van der Waals surface area contributed by atoms with Crippen LogP contribution in [0.25, 0.3) is 0 Å². The molecule has 2 aromatic rings. The molecule has 1 heterocycles. The summed E-state index contributed by atoms with van der Waals surface area (Å²) < 4.78 is 37.2. The molecule has 0 radical (unpaired) electrons. The van der Waals surface area contributed by atoms with Crippen LogP contribution >= 0.6 is 11.8 Å². The highest BCUT2D eigenvalue weighted by Crippen LogP contribution is 2.34. The predicted molar refractivity (Wildman–Crippen MR) is 70.9 cm³/mol. The Balaban J connectivity index is 2.20. The van der Waals surface area contributed by atoms with Gasteiger partial charge in [0.05, 0.1) is 16.2 Å². The van der Waals surface area contributed by atoms with Gasteiger partial charge in [0.25, 0.3) is 5.69 Å². The maximum Gasteiger partial charge on any atom is 0.417 e. The molecule has 9 heteroatoms. The molecule has 0 fully saturated rings. The van der Waals surface area contributed by atoms with Crippen LogP contribution in [0.3, 0.4) is 0 Å². The topological polar surface area (TPSA) is 82.0 Å². The van der Waals surface area contributed by atoms with Gasteiger partial charge < -0.3 is 5.73 Å². The van der Waals surface area contributed by atoms with E-state index < -0.39 is 16.7 Å². The van der Waals surface area contributed by atoms with E-state index in [1.165, 1.54) is 24.3 Å². The summed E-state index contributed by atoms with van der Waals surface area (Å²) in [5.41, 5.74) is 4.84. The van der Waals surface area contributed by atoms with Crippen molar-refractivity contribution in [1.29, 1.82) is 0 Å². The molecule has 0 saturated carbocycles. The van der Waals surface area contributed by atoms with E-state index in [-0.39, 0.29) is 11.4 Å². The number of nitro benzene ring substituents is 1. The normalized spacial score (nSPS) is 11.4. The van der Waals surface area contributed by atoms with Crippen LogP contribution in [0.5, 0.6) is 0 Å². The van der Waals surface area contributed by atoms with E-state index in [9.17, 15) is 23.3 Å². The second kappa shape index (κ2) is 5.60. The van der Waals surface area contributed by atoms with Gasteiger partial charge in [0.2, 0.25) is 0 Å². The summed E-state index contributed by atoms with van der Waals surface area (Å²) in [7, 11) is 0. The fourth-order valence-corrected chi connectivity index (χ4v) is 2.24. The van der Waals surface area contributed by atoms with E-state index in [4.69, 9.17) is 5.73 Å². The number of anilines is 1. The highest BCUT2D eigenvalue weighted by Gasteiger charge is 2.30. The number of nitro groups is 1. The molecule has 2 N–H and O–H groups in total. The fourth-order valence-electron chi connectivity index (χ4n) is 1.46. The minimum absolute atomic E-state index is 0.155. The molecule has 1 aromatic heterocycles. The summed E-state index contributed by atoms with van der Waals surface area (Å²) in [6, 6.07) is 6.01. The van der Waals surface area contributed by atoms with Crippen LogP contribution in [0, 0.1) is 10.1 Å². The lowest BCUT2D eigenvalue weighted by Gasteiger charge is -2.07. The maximum atomic E-state index is 12.4. The van der Waals surface area contributed by atoms with Crippen LogP contribution in [0.2, 0.25) is 0 Å². The van der Waals surface area contributed by atoms with Crippen LogP contribution < -0.4 is 5.73 Å². The number of halogens is 3. The first-order valence-electron chi connectivity index (χ1n) is 5.52. The lowest BCUT2D eigenvalue weighted by molar-refractivity contribution is -0.384. The Hall–Kier alpha value is -2.29. The lowest BCUT2D eigenvalue weighted by atomic mass is 10.3. The lowest BCUT2D eigenvalue weighted by Crippen LogP contribution is -2.05. The molecule has 0 bridgehead atoms. The molecule has 1 aromatic carbocycles. The molecule has 0 aliphatic heterocycles. The number of nitrogens with two attached hydrogens (primary N) is 1. The number of aromatic nitrogens is 1. The molecule has 2 rings (SSSR count). The number of pyridine rings is 1. The first-order chi connectivity index (χ1) is 9.77. The van der Waals surface area contributed by atoms with Crippen molar-refractivity contribution in [2.45, 2.75) is 16.1 Å². The van der Waals surface area contributed by atoms with E-state index in [2.05, 4.69) is 4.98 Å². The van der Waals surface area contributed by atoms with Gasteiger partial charge in [-0.1, -0.05) is 11.8 Å². The molecule has 0 unspecified atom stereocenters. The number of non-ortho nitro benzene ring substituents is 1. The second-order valence-corrected chi connectivity index (χ2v) is 5.03. The number of rotatable bonds is 3. The Labute approximate surface area is 121 Å². The highest BCUT2D eigenvalue weighted by atomic mass is 32.2. The van der Waals surface area contributed by atoms with Crippen molar-refractivity contribution < 1.29 is 18.1 Å². The Bertz CT molecular complexity index is 674. The first kappa shape index (κ1) is 15.1. The number of benzene rings is 1. The van der Waals surface area contributed by atoms with Crippen molar-refractivity contribution in [2.24, 2.45) is 0 Å². The summed E-state index contributed by atoms with van der Waals surface area (Å²) in [5, 5.41) is 10.9. The van der Waals surface area contributed by atoms with Gasteiger partial charge in [-0.25, -0.2) is 4.98 Å². The van der Waals surface area contributed by atoms with Crippen molar-refractivity contribution in [3.05, 3.63) is 52.2 Å². The van der Waals surface area contributed by atoms with Crippen LogP contribution in [-0.4, -0.2) is 9.91 Å². The molecule has 0 spiro atoms. The predicted octanol–water partition coefficient (Wildman–Crippen LogP) is 3.74. The van der Waals surface area contributed by atoms with E-state index in [1.54, 1.807) is 0 Å². The number of nitrogens with zero attached hydrogens (tertiary/aromatic N) is 2. The number of alkyl halides is 3. The van der Waals surface area contributed by atoms with Crippen LogP contribution in [0.15, 0.2) is 46.5 Å². The van der Waals surface area contributed by atoms with Gasteiger partial charge >= 0.3 is 6.18 Å². The largest absolute Gasteiger partial charge is 0.417 e. The van der Waals surface area contributed by atoms with Crippen molar-refractivity contribution in [3.8, 4) is 0 Å². The van der Waals surface area contributed by atoms with Crippen LogP contribution in [0.1, 0.15) is 5.56 Å².